The van der Waals surface area contributed by atoms with E-state index in [0.717, 1.165) is 5.56 Å². The van der Waals surface area contributed by atoms with Crippen molar-refractivity contribution in [3.63, 3.8) is 0 Å². The third-order valence-corrected chi connectivity index (χ3v) is 7.20. The molecule has 0 bridgehead atoms. The molecule has 0 spiro atoms. The molecule has 0 aliphatic rings. The quantitative estimate of drug-likeness (QED) is 0.381. The van der Waals surface area contributed by atoms with Crippen molar-refractivity contribution >= 4 is 27.3 Å². The van der Waals surface area contributed by atoms with E-state index in [9.17, 15) is 34.8 Å². The van der Waals surface area contributed by atoms with E-state index in [2.05, 4.69) is 0 Å². The Kier molecular flexibility index (Phi) is 7.99. The van der Waals surface area contributed by atoms with Crippen LogP contribution in [0.5, 0.6) is 0 Å². The van der Waals surface area contributed by atoms with Gasteiger partial charge in [0.15, 0.2) is 0 Å². The van der Waals surface area contributed by atoms with Crippen LogP contribution in [0, 0.1) is 0 Å². The highest BCUT2D eigenvalue weighted by atomic mass is 35.5. The summed E-state index contributed by atoms with van der Waals surface area (Å²) in [7, 11) is -4.62. The largest absolute Gasteiger partial charge is 0.417 e. The number of anilines is 1. The number of rotatable bonds is 6. The zero-order valence-electron chi connectivity index (χ0n) is 19.4. The molecular weight excluding hydrogens is 504 g/mol. The normalized spacial score (nSPS) is 13.3. The van der Waals surface area contributed by atoms with Crippen molar-refractivity contribution in [2.45, 2.75) is 76.5 Å². The standard InChI is InChI=1S/C23H26ClF6NO2S/c1-11(2)14-7-16(12(3)4)21(17(8-14)13(5)6)34(32,33)31-19-10-15(22(25,26)27)9-18(20(19)24)23(28,29)30/h7-13,31H,1-6H3. The van der Waals surface area contributed by atoms with Gasteiger partial charge in [0.25, 0.3) is 10.0 Å². The van der Waals surface area contributed by atoms with Crippen molar-refractivity contribution in [3.05, 3.63) is 57.1 Å². The van der Waals surface area contributed by atoms with Gasteiger partial charge in [-0.15, -0.1) is 0 Å². The number of benzene rings is 2. The second-order valence-electron chi connectivity index (χ2n) is 8.98. The number of halogens is 7. The lowest BCUT2D eigenvalue weighted by Crippen LogP contribution is -2.21. The average Bonchev–Trinajstić information content (AvgIpc) is 2.66. The van der Waals surface area contributed by atoms with Gasteiger partial charge in [0.1, 0.15) is 0 Å². The van der Waals surface area contributed by atoms with E-state index in [1.807, 2.05) is 18.6 Å². The van der Waals surface area contributed by atoms with Gasteiger partial charge in [-0.1, -0.05) is 65.3 Å². The Balaban J connectivity index is 2.84. The minimum absolute atomic E-state index is 0.0620. The molecular formula is C23H26ClF6NO2S. The van der Waals surface area contributed by atoms with Gasteiger partial charge in [-0.2, -0.15) is 26.3 Å². The summed E-state index contributed by atoms with van der Waals surface area (Å²) in [5.74, 6) is -0.539. The molecule has 1 N–H and O–H groups in total. The molecule has 0 aliphatic heterocycles. The van der Waals surface area contributed by atoms with Gasteiger partial charge in [-0.3, -0.25) is 4.72 Å². The van der Waals surface area contributed by atoms with Gasteiger partial charge in [0, 0.05) is 0 Å². The summed E-state index contributed by atoms with van der Waals surface area (Å²) < 4.78 is 109. The third kappa shape index (κ3) is 6.00. The Morgan fingerprint density at radius 1 is 0.765 bits per heavy atom. The van der Waals surface area contributed by atoms with Crippen LogP contribution in [0.25, 0.3) is 0 Å². The van der Waals surface area contributed by atoms with E-state index in [-0.39, 0.29) is 34.8 Å². The fourth-order valence-corrected chi connectivity index (χ4v) is 5.55. The molecule has 190 valence electrons. The molecule has 0 fully saturated rings. The summed E-state index contributed by atoms with van der Waals surface area (Å²) in [6.07, 6.45) is -10.4. The van der Waals surface area contributed by atoms with E-state index in [4.69, 9.17) is 11.6 Å². The van der Waals surface area contributed by atoms with Gasteiger partial charge in [-0.05, 0) is 46.6 Å². The van der Waals surface area contributed by atoms with Crippen LogP contribution in [0.2, 0.25) is 5.02 Å². The number of alkyl halides is 6. The Labute approximate surface area is 200 Å². The van der Waals surface area contributed by atoms with Crippen molar-refractivity contribution in [1.82, 2.24) is 0 Å². The van der Waals surface area contributed by atoms with Crippen molar-refractivity contribution in [1.29, 1.82) is 0 Å². The lowest BCUT2D eigenvalue weighted by molar-refractivity contribution is -0.142. The highest BCUT2D eigenvalue weighted by Crippen LogP contribution is 2.44. The first kappa shape index (κ1) is 28.3. The minimum atomic E-state index is -5.23. The van der Waals surface area contributed by atoms with Gasteiger partial charge < -0.3 is 0 Å². The van der Waals surface area contributed by atoms with Gasteiger partial charge in [-0.25, -0.2) is 8.42 Å². The number of sulfonamides is 1. The van der Waals surface area contributed by atoms with Crippen LogP contribution >= 0.6 is 11.6 Å². The molecule has 34 heavy (non-hydrogen) atoms. The van der Waals surface area contributed by atoms with Crippen LogP contribution in [-0.2, 0) is 22.4 Å². The van der Waals surface area contributed by atoms with Crippen LogP contribution in [0.4, 0.5) is 32.0 Å². The fourth-order valence-electron chi connectivity index (χ4n) is 3.46. The highest BCUT2D eigenvalue weighted by Gasteiger charge is 2.40. The van der Waals surface area contributed by atoms with Crippen LogP contribution in [-0.4, -0.2) is 8.42 Å². The summed E-state index contributed by atoms with van der Waals surface area (Å²) in [6.45, 7) is 10.9. The predicted octanol–water partition coefficient (Wildman–Crippen LogP) is 8.55. The molecule has 0 atom stereocenters. The number of hydrogen-bond acceptors (Lipinski definition) is 2. The second kappa shape index (κ2) is 9.60. The predicted molar refractivity (Wildman–Crippen MR) is 121 cm³/mol. The summed E-state index contributed by atoms with van der Waals surface area (Å²) in [6, 6.07) is 3.52. The summed E-state index contributed by atoms with van der Waals surface area (Å²) in [5.41, 5.74) is -2.79. The lowest BCUT2D eigenvalue weighted by Gasteiger charge is -2.24. The summed E-state index contributed by atoms with van der Waals surface area (Å²) >= 11 is 5.77. The molecule has 0 saturated carbocycles. The van der Waals surface area contributed by atoms with Crippen LogP contribution in [0.1, 0.15) is 87.1 Å². The maximum atomic E-state index is 13.5. The van der Waals surface area contributed by atoms with Gasteiger partial charge in [0.05, 0.1) is 26.7 Å². The molecule has 0 amide bonds. The van der Waals surface area contributed by atoms with Crippen LogP contribution in [0.15, 0.2) is 29.2 Å². The molecule has 3 nitrogen and oxygen atoms in total. The highest BCUT2D eigenvalue weighted by molar-refractivity contribution is 7.92. The molecule has 0 unspecified atom stereocenters. The molecule has 0 saturated heterocycles. The first-order chi connectivity index (χ1) is 15.3. The average molecular weight is 530 g/mol. The van der Waals surface area contributed by atoms with Gasteiger partial charge in [0.2, 0.25) is 0 Å². The van der Waals surface area contributed by atoms with E-state index in [1.165, 1.54) is 0 Å². The molecule has 0 aromatic heterocycles. The smallest absolute Gasteiger partial charge is 0.278 e. The zero-order chi connectivity index (χ0) is 26.4. The summed E-state index contributed by atoms with van der Waals surface area (Å²) in [5, 5.41) is -1.17. The topological polar surface area (TPSA) is 46.2 Å². The maximum Gasteiger partial charge on any atom is 0.417 e. The Morgan fingerprint density at radius 2 is 1.24 bits per heavy atom. The monoisotopic (exact) mass is 529 g/mol. The van der Waals surface area contributed by atoms with Crippen molar-refractivity contribution in [2.24, 2.45) is 0 Å². The Hall–Kier alpha value is -1.94. The van der Waals surface area contributed by atoms with Crippen molar-refractivity contribution in [3.8, 4) is 0 Å². The first-order valence-electron chi connectivity index (χ1n) is 10.5. The molecule has 2 rings (SSSR count). The van der Waals surface area contributed by atoms with Crippen LogP contribution in [0.3, 0.4) is 0 Å². The molecule has 2 aromatic rings. The zero-order valence-corrected chi connectivity index (χ0v) is 21.0. The van der Waals surface area contributed by atoms with Crippen molar-refractivity contribution < 1.29 is 34.8 Å². The van der Waals surface area contributed by atoms with Crippen LogP contribution < -0.4 is 4.72 Å². The molecule has 11 heteroatoms. The summed E-state index contributed by atoms with van der Waals surface area (Å²) in [4.78, 5) is -0.177. The first-order valence-corrected chi connectivity index (χ1v) is 12.3. The van der Waals surface area contributed by atoms with E-state index < -0.39 is 44.2 Å². The van der Waals surface area contributed by atoms with Crippen molar-refractivity contribution in [2.75, 3.05) is 4.72 Å². The lowest BCUT2D eigenvalue weighted by atomic mass is 9.89. The second-order valence-corrected chi connectivity index (χ2v) is 11.0. The SMILES string of the molecule is CC(C)c1cc(C(C)C)c(S(=O)(=O)Nc2cc(C(F)(F)F)cc(C(F)(F)F)c2Cl)c(C(C)C)c1. The maximum absolute atomic E-state index is 13.5. The van der Waals surface area contributed by atoms with E-state index in [1.54, 1.807) is 39.8 Å². The van der Waals surface area contributed by atoms with E-state index >= 15 is 0 Å². The molecule has 0 heterocycles. The molecule has 0 radical (unpaired) electrons. The fraction of sp³-hybridized carbons (Fsp3) is 0.478. The Morgan fingerprint density at radius 3 is 1.59 bits per heavy atom. The minimum Gasteiger partial charge on any atom is -0.278 e. The third-order valence-electron chi connectivity index (χ3n) is 5.30. The van der Waals surface area contributed by atoms with Gasteiger partial charge >= 0.3 is 12.4 Å². The molecule has 0 aliphatic carbocycles. The number of hydrogen-bond donors (Lipinski definition) is 1. The Bertz CT molecular complexity index is 1140. The number of nitrogens with one attached hydrogen (secondary N) is 1. The molecule has 2 aromatic carbocycles. The van der Waals surface area contributed by atoms with E-state index in [0.29, 0.717) is 11.1 Å².